The van der Waals surface area contributed by atoms with Crippen molar-refractivity contribution < 1.29 is 9.59 Å². The van der Waals surface area contributed by atoms with Gasteiger partial charge in [-0.1, -0.05) is 38.1 Å². The number of carbonyl (C=O) groups excluding carboxylic acids is 2. The molecule has 0 aliphatic carbocycles. The van der Waals surface area contributed by atoms with Crippen LogP contribution in [0.3, 0.4) is 0 Å². The largest absolute Gasteiger partial charge is 0.332 e. The fourth-order valence-corrected chi connectivity index (χ4v) is 3.60. The zero-order valence-electron chi connectivity index (χ0n) is 14.0. The molecule has 1 saturated heterocycles. The van der Waals surface area contributed by atoms with Gasteiger partial charge in [-0.3, -0.25) is 14.5 Å². The molecule has 124 valence electrons. The van der Waals surface area contributed by atoms with Crippen molar-refractivity contribution in [2.45, 2.75) is 26.3 Å². The molecule has 1 atom stereocenters. The van der Waals surface area contributed by atoms with Gasteiger partial charge in [0.15, 0.2) is 0 Å². The summed E-state index contributed by atoms with van der Waals surface area (Å²) in [6, 6.07) is 8.30. The minimum Gasteiger partial charge on any atom is -0.332 e. The average Bonchev–Trinajstić information content (AvgIpc) is 2.59. The van der Waals surface area contributed by atoms with Crippen LogP contribution in [0.4, 0.5) is 0 Å². The molecule has 0 aromatic heterocycles. The molecule has 0 spiro atoms. The maximum atomic E-state index is 12.6. The Morgan fingerprint density at radius 1 is 1.26 bits per heavy atom. The van der Waals surface area contributed by atoms with Gasteiger partial charge in [-0.15, -0.1) is 0 Å². The summed E-state index contributed by atoms with van der Waals surface area (Å²) in [6.07, 6.45) is 0.909. The summed E-state index contributed by atoms with van der Waals surface area (Å²) in [4.78, 5) is 30.8. The lowest BCUT2D eigenvalue weighted by molar-refractivity contribution is -0.149. The smallest absolute Gasteiger partial charge is 0.242 e. The van der Waals surface area contributed by atoms with E-state index in [2.05, 4.69) is 30.9 Å². The molecule has 1 aromatic rings. The Morgan fingerprint density at radius 3 is 2.74 bits per heavy atom. The molecule has 5 heteroatoms. The average molecular weight is 315 g/mol. The van der Waals surface area contributed by atoms with Gasteiger partial charge in [0.25, 0.3) is 0 Å². The zero-order valence-corrected chi connectivity index (χ0v) is 14.0. The molecule has 0 bridgehead atoms. The van der Waals surface area contributed by atoms with Crippen LogP contribution in [0.2, 0.25) is 0 Å². The maximum Gasteiger partial charge on any atom is 0.242 e. The number of piperazine rings is 1. The van der Waals surface area contributed by atoms with E-state index < -0.39 is 0 Å². The molecule has 0 N–H and O–H groups in total. The first-order chi connectivity index (χ1) is 11.1. The Labute approximate surface area is 137 Å². The number of fused-ring (bicyclic) bond motifs is 3. The molecule has 0 saturated carbocycles. The van der Waals surface area contributed by atoms with E-state index in [1.165, 1.54) is 11.1 Å². The first kappa shape index (κ1) is 16.0. The van der Waals surface area contributed by atoms with Gasteiger partial charge in [0.1, 0.15) is 0 Å². The summed E-state index contributed by atoms with van der Waals surface area (Å²) in [6.45, 7) is 7.80. The van der Waals surface area contributed by atoms with E-state index in [9.17, 15) is 9.59 Å². The van der Waals surface area contributed by atoms with Gasteiger partial charge >= 0.3 is 0 Å². The highest BCUT2D eigenvalue weighted by Crippen LogP contribution is 2.32. The minimum atomic E-state index is 0.0156. The zero-order chi connectivity index (χ0) is 16.4. The summed E-state index contributed by atoms with van der Waals surface area (Å²) in [5, 5.41) is 0. The van der Waals surface area contributed by atoms with E-state index in [1.54, 1.807) is 4.90 Å². The predicted octanol–water partition coefficient (Wildman–Crippen LogP) is 1.30. The van der Waals surface area contributed by atoms with Crippen LogP contribution in [0.15, 0.2) is 24.3 Å². The highest BCUT2D eigenvalue weighted by atomic mass is 16.2. The van der Waals surface area contributed by atoms with Crippen molar-refractivity contribution in [2.24, 2.45) is 0 Å². The van der Waals surface area contributed by atoms with Crippen LogP contribution in [-0.2, 0) is 16.0 Å². The molecule has 2 amide bonds. The lowest BCUT2D eigenvalue weighted by Gasteiger charge is -2.44. The van der Waals surface area contributed by atoms with Crippen LogP contribution in [0.5, 0.6) is 0 Å². The number of likely N-dealkylation sites (N-methyl/N-ethyl adjacent to an activating group) is 1. The number of hydrogen-bond donors (Lipinski definition) is 0. The summed E-state index contributed by atoms with van der Waals surface area (Å²) >= 11 is 0. The van der Waals surface area contributed by atoms with Gasteiger partial charge in [-0.25, -0.2) is 0 Å². The number of amides is 2. The Balaban J connectivity index is 1.78. The second-order valence-corrected chi connectivity index (χ2v) is 6.29. The van der Waals surface area contributed by atoms with Crippen molar-refractivity contribution in [1.29, 1.82) is 0 Å². The SMILES string of the molecule is CCN(CC)CC(=O)N1CC(=O)N2CCc3ccccc3C2C1. The van der Waals surface area contributed by atoms with Crippen molar-refractivity contribution >= 4 is 11.8 Å². The van der Waals surface area contributed by atoms with Crippen LogP contribution >= 0.6 is 0 Å². The fraction of sp³-hybridized carbons (Fsp3) is 0.556. The molecular weight excluding hydrogens is 290 g/mol. The third-order valence-electron chi connectivity index (χ3n) is 5.06. The van der Waals surface area contributed by atoms with Crippen molar-refractivity contribution in [3.8, 4) is 0 Å². The number of benzene rings is 1. The van der Waals surface area contributed by atoms with E-state index >= 15 is 0 Å². The molecule has 2 heterocycles. The monoisotopic (exact) mass is 315 g/mol. The normalized spacial score (nSPS) is 20.5. The maximum absolute atomic E-state index is 12.6. The molecule has 1 aromatic carbocycles. The summed E-state index contributed by atoms with van der Waals surface area (Å²) in [5.41, 5.74) is 2.51. The number of nitrogens with zero attached hydrogens (tertiary/aromatic N) is 3. The van der Waals surface area contributed by atoms with Crippen molar-refractivity contribution in [1.82, 2.24) is 14.7 Å². The molecule has 0 radical (unpaired) electrons. The summed E-state index contributed by atoms with van der Waals surface area (Å²) < 4.78 is 0. The second kappa shape index (κ2) is 6.71. The van der Waals surface area contributed by atoms with Gasteiger partial charge in [0.05, 0.1) is 19.1 Å². The fourth-order valence-electron chi connectivity index (χ4n) is 3.60. The predicted molar refractivity (Wildman–Crippen MR) is 89.0 cm³/mol. The highest BCUT2D eigenvalue weighted by Gasteiger charge is 2.38. The molecule has 1 unspecified atom stereocenters. The third kappa shape index (κ3) is 3.11. The first-order valence-corrected chi connectivity index (χ1v) is 8.51. The van der Waals surface area contributed by atoms with Crippen LogP contribution in [-0.4, -0.2) is 65.8 Å². The van der Waals surface area contributed by atoms with Gasteiger partial charge in [0.2, 0.25) is 11.8 Å². The van der Waals surface area contributed by atoms with E-state index in [0.29, 0.717) is 13.1 Å². The van der Waals surface area contributed by atoms with Crippen LogP contribution in [0.25, 0.3) is 0 Å². The van der Waals surface area contributed by atoms with Gasteiger partial charge in [-0.2, -0.15) is 0 Å². The molecule has 5 nitrogen and oxygen atoms in total. The number of hydrogen-bond acceptors (Lipinski definition) is 3. The van der Waals surface area contributed by atoms with Crippen molar-refractivity contribution in [2.75, 3.05) is 39.3 Å². The van der Waals surface area contributed by atoms with E-state index in [-0.39, 0.29) is 24.4 Å². The lowest BCUT2D eigenvalue weighted by Crippen LogP contribution is -2.57. The third-order valence-corrected chi connectivity index (χ3v) is 5.06. The molecule has 1 fully saturated rings. The highest BCUT2D eigenvalue weighted by molar-refractivity contribution is 5.87. The quantitative estimate of drug-likeness (QED) is 0.841. The summed E-state index contributed by atoms with van der Waals surface area (Å²) in [7, 11) is 0. The van der Waals surface area contributed by atoms with E-state index in [1.807, 2.05) is 17.0 Å². The Hall–Kier alpha value is -1.88. The summed E-state index contributed by atoms with van der Waals surface area (Å²) in [5.74, 6) is 0.133. The van der Waals surface area contributed by atoms with Gasteiger partial charge in [-0.05, 0) is 30.6 Å². The molecule has 3 rings (SSSR count). The molecule has 2 aliphatic rings. The Kier molecular flexibility index (Phi) is 4.66. The molecule has 23 heavy (non-hydrogen) atoms. The number of carbonyl (C=O) groups is 2. The van der Waals surface area contributed by atoms with Crippen molar-refractivity contribution in [3.05, 3.63) is 35.4 Å². The minimum absolute atomic E-state index is 0.0156. The van der Waals surface area contributed by atoms with Crippen LogP contribution in [0, 0.1) is 0 Å². The Bertz CT molecular complexity index is 598. The molecular formula is C18H25N3O2. The topological polar surface area (TPSA) is 43.9 Å². The van der Waals surface area contributed by atoms with Crippen molar-refractivity contribution in [3.63, 3.8) is 0 Å². The van der Waals surface area contributed by atoms with Crippen LogP contribution in [0.1, 0.15) is 31.0 Å². The number of rotatable bonds is 4. The molecule has 2 aliphatic heterocycles. The Morgan fingerprint density at radius 2 is 2.00 bits per heavy atom. The van der Waals surface area contributed by atoms with Gasteiger partial charge in [0, 0.05) is 13.1 Å². The standard InChI is InChI=1S/C18H25N3O2/c1-3-19(4-2)12-17(22)20-11-16-15-8-6-5-7-14(15)9-10-21(16)18(23)13-20/h5-8,16H,3-4,9-13H2,1-2H3. The lowest BCUT2D eigenvalue weighted by atomic mass is 9.91. The van der Waals surface area contributed by atoms with Gasteiger partial charge < -0.3 is 9.80 Å². The second-order valence-electron chi connectivity index (χ2n) is 6.29. The van der Waals surface area contributed by atoms with E-state index in [0.717, 1.165) is 26.1 Å². The first-order valence-electron chi connectivity index (χ1n) is 8.51. The van der Waals surface area contributed by atoms with Crippen LogP contribution < -0.4 is 0 Å². The van der Waals surface area contributed by atoms with E-state index in [4.69, 9.17) is 0 Å².